The van der Waals surface area contributed by atoms with Crippen LogP contribution in [0, 0.1) is 20.9 Å². The number of hydrogen-bond acceptors (Lipinski definition) is 7. The lowest BCUT2D eigenvalue weighted by molar-refractivity contribution is -0.385. The number of carboxylic acid groups (broad SMARTS) is 1. The summed E-state index contributed by atoms with van der Waals surface area (Å²) in [5.41, 5.74) is -1.71. The van der Waals surface area contributed by atoms with Crippen LogP contribution in [0.4, 0.5) is 18.9 Å². The number of carbonyl (C=O) groups is 3. The highest BCUT2D eigenvalue weighted by molar-refractivity contribution is 6.30. The lowest BCUT2D eigenvalue weighted by Gasteiger charge is -2.48. The number of aliphatic carboxylic acids is 1. The van der Waals surface area contributed by atoms with Gasteiger partial charge in [0.05, 0.1) is 10.5 Å². The maximum atomic E-state index is 14.0. The molecule has 3 aliphatic rings. The lowest BCUT2D eigenvalue weighted by atomic mass is 9.63. The van der Waals surface area contributed by atoms with Crippen molar-refractivity contribution in [3.05, 3.63) is 85.2 Å². The van der Waals surface area contributed by atoms with Crippen LogP contribution in [0.3, 0.4) is 0 Å². The summed E-state index contributed by atoms with van der Waals surface area (Å²) in [6, 6.07) is 6.11. The summed E-state index contributed by atoms with van der Waals surface area (Å²) in [4.78, 5) is 52.4. The summed E-state index contributed by atoms with van der Waals surface area (Å²) < 4.78 is 46.0. The highest BCUT2D eigenvalue weighted by atomic mass is 35.5. The van der Waals surface area contributed by atoms with Gasteiger partial charge in [0.25, 0.3) is 0 Å². The number of carboxylic acids is 1. The minimum atomic E-state index is -4.84. The van der Waals surface area contributed by atoms with E-state index in [1.807, 2.05) is 27.7 Å². The topological polar surface area (TPSA) is 127 Å². The third-order valence-corrected chi connectivity index (χ3v) is 8.54. The van der Waals surface area contributed by atoms with Crippen molar-refractivity contribution in [2.75, 3.05) is 6.54 Å². The van der Waals surface area contributed by atoms with E-state index in [0.717, 1.165) is 6.07 Å². The lowest BCUT2D eigenvalue weighted by Crippen LogP contribution is -2.45. The van der Waals surface area contributed by atoms with E-state index in [9.17, 15) is 42.8 Å². The second kappa shape index (κ2) is 11.0. The SMILES string of the molecule is CC1(C)CC(=O)C2=C(C1)N(CC(=O)O)C1=C(C(=O)CC(C)(C)C1)C2c1cc(Cl)ccc1Oc1ccc(C(F)(F)F)cc1[N+](=O)[O-]. The van der Waals surface area contributed by atoms with Gasteiger partial charge in [-0.1, -0.05) is 39.3 Å². The minimum Gasteiger partial charge on any atom is -0.480 e. The maximum absolute atomic E-state index is 14.0. The number of nitrogens with zero attached hydrogens (tertiary/aromatic N) is 2. The number of alkyl halides is 3. The zero-order valence-electron chi connectivity index (χ0n) is 24.9. The van der Waals surface area contributed by atoms with E-state index in [1.165, 1.54) is 18.2 Å². The molecule has 0 unspecified atom stereocenters. The van der Waals surface area contributed by atoms with E-state index in [2.05, 4.69) is 0 Å². The van der Waals surface area contributed by atoms with Gasteiger partial charge < -0.3 is 14.7 Å². The quantitative estimate of drug-likeness (QED) is 0.248. The molecule has 238 valence electrons. The standard InChI is InChI=1S/C32H30ClF3N2O7/c1-30(2)11-20-28(22(39)13-30)27(29-21(37(20)15-26(41)42)12-31(3,4)14-23(29)40)18-10-17(33)6-8-24(18)45-25-7-5-16(32(34,35)36)9-19(25)38(43)44/h5-10,27H,11-15H2,1-4H3,(H,41,42). The Morgan fingerprint density at radius 1 is 0.978 bits per heavy atom. The van der Waals surface area contributed by atoms with Crippen molar-refractivity contribution in [1.29, 1.82) is 0 Å². The summed E-state index contributed by atoms with van der Waals surface area (Å²) in [7, 11) is 0. The van der Waals surface area contributed by atoms with Crippen LogP contribution in [-0.2, 0) is 20.6 Å². The predicted octanol–water partition coefficient (Wildman–Crippen LogP) is 7.83. The van der Waals surface area contributed by atoms with Crippen LogP contribution in [0.25, 0.3) is 0 Å². The van der Waals surface area contributed by atoms with E-state index in [0.29, 0.717) is 36.4 Å². The Labute approximate surface area is 261 Å². The molecular formula is C32H30ClF3N2O7. The summed E-state index contributed by atoms with van der Waals surface area (Å²) in [5, 5.41) is 21.9. The highest BCUT2D eigenvalue weighted by Gasteiger charge is 2.50. The first-order valence-corrected chi connectivity index (χ1v) is 14.5. The highest BCUT2D eigenvalue weighted by Crippen LogP contribution is 2.56. The molecule has 0 saturated carbocycles. The van der Waals surface area contributed by atoms with Crippen LogP contribution >= 0.6 is 11.6 Å². The number of rotatable bonds is 6. The first-order valence-electron chi connectivity index (χ1n) is 14.1. The van der Waals surface area contributed by atoms with E-state index in [1.54, 1.807) is 4.90 Å². The first kappa shape index (κ1) is 32.2. The van der Waals surface area contributed by atoms with Crippen molar-refractivity contribution in [3.63, 3.8) is 0 Å². The second-order valence-electron chi connectivity index (χ2n) is 13.2. The number of halogens is 4. The van der Waals surface area contributed by atoms with Gasteiger partial charge in [-0.05, 0) is 54.0 Å². The predicted molar refractivity (Wildman–Crippen MR) is 157 cm³/mol. The van der Waals surface area contributed by atoms with E-state index >= 15 is 0 Å². The van der Waals surface area contributed by atoms with Crippen LogP contribution in [0.5, 0.6) is 11.5 Å². The summed E-state index contributed by atoms with van der Waals surface area (Å²) in [5.74, 6) is -3.38. The first-order chi connectivity index (χ1) is 20.8. The van der Waals surface area contributed by atoms with Gasteiger partial charge >= 0.3 is 17.8 Å². The molecule has 1 aliphatic heterocycles. The molecule has 0 saturated heterocycles. The van der Waals surface area contributed by atoms with Crippen LogP contribution in [0.15, 0.2) is 58.9 Å². The molecule has 0 fully saturated rings. The fraction of sp³-hybridized carbons (Fsp3) is 0.406. The van der Waals surface area contributed by atoms with Gasteiger partial charge in [-0.15, -0.1) is 0 Å². The molecule has 2 aromatic rings. The largest absolute Gasteiger partial charge is 0.480 e. The molecule has 2 aromatic carbocycles. The Morgan fingerprint density at radius 2 is 1.51 bits per heavy atom. The van der Waals surface area contributed by atoms with Crippen molar-refractivity contribution in [2.24, 2.45) is 10.8 Å². The third kappa shape index (κ3) is 6.20. The van der Waals surface area contributed by atoms with Crippen molar-refractivity contribution in [2.45, 2.75) is 65.5 Å². The van der Waals surface area contributed by atoms with Crippen LogP contribution in [0.1, 0.15) is 70.4 Å². The molecule has 0 bridgehead atoms. The summed E-state index contributed by atoms with van der Waals surface area (Å²) in [6.07, 6.45) is -3.98. The molecule has 0 aromatic heterocycles. The molecule has 9 nitrogen and oxygen atoms in total. The van der Waals surface area contributed by atoms with Gasteiger partial charge in [0.1, 0.15) is 12.3 Å². The van der Waals surface area contributed by atoms with Crippen molar-refractivity contribution in [3.8, 4) is 11.5 Å². The third-order valence-electron chi connectivity index (χ3n) is 8.30. The second-order valence-corrected chi connectivity index (χ2v) is 13.7. The molecule has 13 heteroatoms. The minimum absolute atomic E-state index is 0.0621. The number of hydrogen-bond donors (Lipinski definition) is 1. The fourth-order valence-corrected chi connectivity index (χ4v) is 6.74. The number of ether oxygens (including phenoxy) is 1. The molecule has 0 spiro atoms. The number of ketones is 2. The summed E-state index contributed by atoms with van der Waals surface area (Å²) in [6.45, 7) is 7.08. The zero-order chi connectivity index (χ0) is 33.2. The van der Waals surface area contributed by atoms with Gasteiger partial charge in [-0.2, -0.15) is 13.2 Å². The molecule has 0 amide bonds. The van der Waals surface area contributed by atoms with Gasteiger partial charge in [-0.25, -0.2) is 0 Å². The Kier molecular flexibility index (Phi) is 7.88. The van der Waals surface area contributed by atoms with E-state index in [4.69, 9.17) is 16.3 Å². The normalized spacial score (nSPS) is 19.8. The van der Waals surface area contributed by atoms with Gasteiger partial charge in [0, 0.05) is 58.0 Å². The number of allylic oxidation sites excluding steroid dienone is 4. The molecule has 1 N–H and O–H groups in total. The van der Waals surface area contributed by atoms with E-state index in [-0.39, 0.29) is 51.9 Å². The molecule has 1 heterocycles. The molecule has 2 aliphatic carbocycles. The average Bonchev–Trinajstić information content (AvgIpc) is 2.88. The van der Waals surface area contributed by atoms with Crippen LogP contribution in [0.2, 0.25) is 5.02 Å². The molecule has 0 atom stereocenters. The Hall–Kier alpha value is -4.19. The summed E-state index contributed by atoms with van der Waals surface area (Å²) >= 11 is 6.42. The zero-order valence-corrected chi connectivity index (χ0v) is 25.6. The molecule has 45 heavy (non-hydrogen) atoms. The number of benzene rings is 2. The Bertz CT molecular complexity index is 1670. The fourth-order valence-electron chi connectivity index (χ4n) is 6.56. The van der Waals surface area contributed by atoms with Gasteiger partial charge in [-0.3, -0.25) is 24.5 Å². The molecule has 5 rings (SSSR count). The molecule has 0 radical (unpaired) electrons. The van der Waals surface area contributed by atoms with Gasteiger partial charge in [0.2, 0.25) is 5.75 Å². The monoisotopic (exact) mass is 646 g/mol. The number of nitro groups is 1. The van der Waals surface area contributed by atoms with Gasteiger partial charge in [0.15, 0.2) is 11.6 Å². The smallest absolute Gasteiger partial charge is 0.416 e. The maximum Gasteiger partial charge on any atom is 0.416 e. The van der Waals surface area contributed by atoms with Crippen LogP contribution in [-0.4, -0.2) is 39.0 Å². The molecular weight excluding hydrogens is 617 g/mol. The average molecular weight is 647 g/mol. The Balaban J connectivity index is 1.77. The number of carbonyl (C=O) groups excluding carboxylic acids is 2. The number of Topliss-reactive ketones (excluding diaryl/α,β-unsaturated/α-hetero) is 2. The Morgan fingerprint density at radius 3 is 2.00 bits per heavy atom. The van der Waals surface area contributed by atoms with Crippen molar-refractivity contribution < 1.29 is 42.3 Å². The number of nitro benzene ring substituents is 1. The van der Waals surface area contributed by atoms with Crippen molar-refractivity contribution in [1.82, 2.24) is 4.90 Å². The van der Waals surface area contributed by atoms with Crippen molar-refractivity contribution >= 4 is 34.8 Å². The van der Waals surface area contributed by atoms with Crippen LogP contribution < -0.4 is 4.74 Å². The van der Waals surface area contributed by atoms with E-state index < -0.39 is 57.4 Å².